The van der Waals surface area contributed by atoms with E-state index >= 15 is 0 Å². The van der Waals surface area contributed by atoms with Crippen molar-refractivity contribution in [1.29, 1.82) is 0 Å². The third-order valence-corrected chi connectivity index (χ3v) is 4.07. The number of nitrogens with one attached hydrogen (secondary N) is 1. The molecule has 1 aromatic rings. The first kappa shape index (κ1) is 14.3. The molecule has 104 valence electrons. The van der Waals surface area contributed by atoms with Crippen molar-refractivity contribution in [2.75, 3.05) is 7.05 Å². The van der Waals surface area contributed by atoms with E-state index in [1.165, 1.54) is 38.2 Å². The van der Waals surface area contributed by atoms with Crippen LogP contribution in [0, 0.1) is 5.82 Å². The molecule has 2 rings (SSSR count). The second kappa shape index (κ2) is 6.85. The lowest BCUT2D eigenvalue weighted by Gasteiger charge is -2.28. The van der Waals surface area contributed by atoms with Crippen LogP contribution in [0.3, 0.4) is 0 Å². The maximum atomic E-state index is 13.6. The molecule has 0 atom stereocenters. The second-order valence-electron chi connectivity index (χ2n) is 5.23. The van der Waals surface area contributed by atoms with Gasteiger partial charge in [0.1, 0.15) is 5.82 Å². The van der Waals surface area contributed by atoms with Crippen molar-refractivity contribution >= 4 is 17.3 Å². The highest BCUT2D eigenvalue weighted by Gasteiger charge is 2.16. The molecule has 0 saturated heterocycles. The number of halogens is 1. The predicted octanol–water partition coefficient (Wildman–Crippen LogP) is 3.46. The molecule has 2 nitrogen and oxygen atoms in total. The summed E-state index contributed by atoms with van der Waals surface area (Å²) in [6, 6.07) is 7.33. The lowest BCUT2D eigenvalue weighted by molar-refractivity contribution is 0.390. The van der Waals surface area contributed by atoms with E-state index in [4.69, 9.17) is 12.2 Å². The number of hydrogen-bond donors (Lipinski definition) is 1. The van der Waals surface area contributed by atoms with E-state index in [0.717, 1.165) is 5.11 Å². The van der Waals surface area contributed by atoms with Crippen molar-refractivity contribution < 1.29 is 4.39 Å². The third-order valence-electron chi connectivity index (χ3n) is 3.64. The zero-order valence-corrected chi connectivity index (χ0v) is 12.2. The van der Waals surface area contributed by atoms with E-state index in [1.807, 2.05) is 18.0 Å². The van der Waals surface area contributed by atoms with Crippen LogP contribution in [-0.2, 0) is 6.54 Å². The molecule has 0 aliphatic heterocycles. The molecule has 0 bridgehead atoms. The molecule has 0 aromatic heterocycles. The first-order valence-electron chi connectivity index (χ1n) is 6.92. The summed E-state index contributed by atoms with van der Waals surface area (Å²) in [7, 11) is 1.91. The molecule has 0 spiro atoms. The van der Waals surface area contributed by atoms with Gasteiger partial charge in [-0.25, -0.2) is 4.39 Å². The fourth-order valence-electron chi connectivity index (χ4n) is 2.49. The van der Waals surface area contributed by atoms with Gasteiger partial charge >= 0.3 is 0 Å². The van der Waals surface area contributed by atoms with Gasteiger partial charge in [-0.1, -0.05) is 37.5 Å². The van der Waals surface area contributed by atoms with Crippen molar-refractivity contribution in [3.05, 3.63) is 35.6 Å². The SMILES string of the molecule is CN(Cc1ccccc1F)C(=S)NC1CCCCC1. The molecule has 1 aliphatic carbocycles. The van der Waals surface area contributed by atoms with Crippen molar-refractivity contribution in [3.63, 3.8) is 0 Å². The van der Waals surface area contributed by atoms with Gasteiger partial charge in [0, 0.05) is 25.2 Å². The van der Waals surface area contributed by atoms with Crippen molar-refractivity contribution in [3.8, 4) is 0 Å². The highest BCUT2D eigenvalue weighted by Crippen LogP contribution is 2.18. The monoisotopic (exact) mass is 280 g/mol. The van der Waals surface area contributed by atoms with Gasteiger partial charge in [-0.15, -0.1) is 0 Å². The van der Waals surface area contributed by atoms with Gasteiger partial charge in [-0.2, -0.15) is 0 Å². The molecule has 0 radical (unpaired) electrons. The minimum atomic E-state index is -0.171. The largest absolute Gasteiger partial charge is 0.360 e. The van der Waals surface area contributed by atoms with Crippen LogP contribution in [0.5, 0.6) is 0 Å². The Labute approximate surface area is 120 Å². The summed E-state index contributed by atoms with van der Waals surface area (Å²) in [5.74, 6) is -0.171. The Morgan fingerprint density at radius 2 is 2.00 bits per heavy atom. The summed E-state index contributed by atoms with van der Waals surface area (Å²) >= 11 is 5.39. The highest BCUT2D eigenvalue weighted by atomic mass is 32.1. The van der Waals surface area contributed by atoms with E-state index in [9.17, 15) is 4.39 Å². The number of nitrogens with zero attached hydrogens (tertiary/aromatic N) is 1. The molecule has 19 heavy (non-hydrogen) atoms. The van der Waals surface area contributed by atoms with Crippen LogP contribution in [0.1, 0.15) is 37.7 Å². The minimum Gasteiger partial charge on any atom is -0.360 e. The summed E-state index contributed by atoms with van der Waals surface area (Å²) in [4.78, 5) is 1.91. The molecule has 0 unspecified atom stereocenters. The minimum absolute atomic E-state index is 0.171. The second-order valence-corrected chi connectivity index (χ2v) is 5.62. The number of benzene rings is 1. The van der Waals surface area contributed by atoms with Crippen LogP contribution in [-0.4, -0.2) is 23.1 Å². The summed E-state index contributed by atoms with van der Waals surface area (Å²) < 4.78 is 13.6. The van der Waals surface area contributed by atoms with E-state index in [2.05, 4.69) is 5.32 Å². The quantitative estimate of drug-likeness (QED) is 0.854. The van der Waals surface area contributed by atoms with E-state index < -0.39 is 0 Å². The van der Waals surface area contributed by atoms with E-state index in [1.54, 1.807) is 12.1 Å². The van der Waals surface area contributed by atoms with Crippen LogP contribution in [0.15, 0.2) is 24.3 Å². The first-order valence-corrected chi connectivity index (χ1v) is 7.32. The Hall–Kier alpha value is -1.16. The predicted molar refractivity (Wildman–Crippen MR) is 80.5 cm³/mol. The number of thiocarbonyl (C=S) groups is 1. The van der Waals surface area contributed by atoms with Gasteiger partial charge in [-0.3, -0.25) is 0 Å². The van der Waals surface area contributed by atoms with Crippen LogP contribution in [0.2, 0.25) is 0 Å². The topological polar surface area (TPSA) is 15.3 Å². The fraction of sp³-hybridized carbons (Fsp3) is 0.533. The fourth-order valence-corrected chi connectivity index (χ4v) is 2.72. The van der Waals surface area contributed by atoms with Gasteiger partial charge < -0.3 is 10.2 Å². The van der Waals surface area contributed by atoms with Crippen LogP contribution in [0.4, 0.5) is 4.39 Å². The average Bonchev–Trinajstić information content (AvgIpc) is 2.42. The maximum absolute atomic E-state index is 13.6. The third kappa shape index (κ3) is 4.16. The van der Waals surface area contributed by atoms with Crippen molar-refractivity contribution in [2.45, 2.75) is 44.7 Å². The van der Waals surface area contributed by atoms with Crippen LogP contribution >= 0.6 is 12.2 Å². The first-order chi connectivity index (χ1) is 9.16. The molecule has 1 aliphatic rings. The molecule has 0 heterocycles. The van der Waals surface area contributed by atoms with Gasteiger partial charge in [0.05, 0.1) is 0 Å². The molecule has 1 aromatic carbocycles. The molecule has 1 saturated carbocycles. The molecular formula is C15H21FN2S. The lowest BCUT2D eigenvalue weighted by Crippen LogP contribution is -2.43. The Morgan fingerprint density at radius 3 is 2.68 bits per heavy atom. The van der Waals surface area contributed by atoms with Crippen molar-refractivity contribution in [2.24, 2.45) is 0 Å². The standard InChI is InChI=1S/C15H21FN2S/c1-18(11-12-7-5-6-10-14(12)16)15(19)17-13-8-3-2-4-9-13/h5-7,10,13H,2-4,8-9,11H2,1H3,(H,17,19). The summed E-state index contributed by atoms with van der Waals surface area (Å²) in [5.41, 5.74) is 0.679. The zero-order chi connectivity index (χ0) is 13.7. The van der Waals surface area contributed by atoms with Crippen molar-refractivity contribution in [1.82, 2.24) is 10.2 Å². The summed E-state index contributed by atoms with van der Waals surface area (Å²) in [6.45, 7) is 0.505. The molecule has 0 amide bonds. The number of hydrogen-bond acceptors (Lipinski definition) is 1. The Balaban J connectivity index is 1.87. The smallest absolute Gasteiger partial charge is 0.169 e. The maximum Gasteiger partial charge on any atom is 0.169 e. The van der Waals surface area contributed by atoms with Gasteiger partial charge in [0.15, 0.2) is 5.11 Å². The normalized spacial score (nSPS) is 16.1. The number of rotatable bonds is 3. The molecular weight excluding hydrogens is 259 g/mol. The van der Waals surface area contributed by atoms with Gasteiger partial charge in [0.25, 0.3) is 0 Å². The van der Waals surface area contributed by atoms with E-state index in [0.29, 0.717) is 18.2 Å². The van der Waals surface area contributed by atoms with E-state index in [-0.39, 0.29) is 5.82 Å². The highest BCUT2D eigenvalue weighted by molar-refractivity contribution is 7.80. The molecule has 1 N–H and O–H groups in total. The zero-order valence-electron chi connectivity index (χ0n) is 11.4. The van der Waals surface area contributed by atoms with Gasteiger partial charge in [-0.05, 0) is 31.1 Å². The van der Waals surface area contributed by atoms with Crippen LogP contribution in [0.25, 0.3) is 0 Å². The molecule has 1 fully saturated rings. The average molecular weight is 280 g/mol. The molecule has 4 heteroatoms. The van der Waals surface area contributed by atoms with Gasteiger partial charge in [0.2, 0.25) is 0 Å². The Kier molecular flexibility index (Phi) is 5.14. The Morgan fingerprint density at radius 1 is 1.32 bits per heavy atom. The van der Waals surface area contributed by atoms with Crippen LogP contribution < -0.4 is 5.32 Å². The lowest BCUT2D eigenvalue weighted by atomic mass is 9.96. The Bertz CT molecular complexity index is 430. The summed E-state index contributed by atoms with van der Waals surface area (Å²) in [6.07, 6.45) is 6.26. The summed E-state index contributed by atoms with van der Waals surface area (Å²) in [5, 5.41) is 4.11.